The molecule has 0 amide bonds. The lowest BCUT2D eigenvalue weighted by Crippen LogP contribution is -2.46. The predicted octanol–water partition coefficient (Wildman–Crippen LogP) is 3.60. The molecule has 0 aromatic carbocycles. The van der Waals surface area contributed by atoms with Gasteiger partial charge in [-0.3, -0.25) is 0 Å². The van der Waals surface area contributed by atoms with Crippen molar-refractivity contribution < 1.29 is 22.0 Å². The molecule has 0 aromatic rings. The first-order valence-electron chi connectivity index (χ1n) is 2.47. The van der Waals surface area contributed by atoms with Gasteiger partial charge < -0.3 is 0 Å². The van der Waals surface area contributed by atoms with Crippen molar-refractivity contribution in [1.29, 1.82) is 0 Å². The van der Waals surface area contributed by atoms with Gasteiger partial charge >= 0.3 is 5.38 Å². The normalized spacial score (nSPS) is 23.0. The van der Waals surface area contributed by atoms with Crippen LogP contribution in [0.25, 0.3) is 0 Å². The molecule has 74 valence electrons. The Morgan fingerprint density at radius 3 is 1.42 bits per heavy atom. The van der Waals surface area contributed by atoms with Crippen LogP contribution >= 0.6 is 34.8 Å². The van der Waals surface area contributed by atoms with Gasteiger partial charge in [-0.15, -0.1) is 0 Å². The smallest absolute Gasteiger partial charge is 0.238 e. The summed E-state index contributed by atoms with van der Waals surface area (Å²) in [6, 6.07) is 0. The third-order valence-electron chi connectivity index (χ3n) is 0.946. The second-order valence-electron chi connectivity index (χ2n) is 1.86. The Labute approximate surface area is 79.6 Å². The van der Waals surface area contributed by atoms with Crippen LogP contribution in [0.15, 0.2) is 0 Å². The highest BCUT2D eigenvalue weighted by molar-refractivity contribution is 6.33. The van der Waals surface area contributed by atoms with Crippen molar-refractivity contribution in [1.82, 2.24) is 0 Å². The van der Waals surface area contributed by atoms with E-state index in [-0.39, 0.29) is 0 Å². The molecule has 0 aliphatic carbocycles. The average Bonchev–Trinajstić information content (AvgIpc) is 1.83. The Morgan fingerprint density at radius 2 is 1.33 bits per heavy atom. The Kier molecular flexibility index (Phi) is 3.88. The van der Waals surface area contributed by atoms with Crippen LogP contribution in [-0.4, -0.2) is 22.3 Å². The van der Waals surface area contributed by atoms with Crippen LogP contribution in [0.2, 0.25) is 0 Å². The second-order valence-corrected chi connectivity index (χ2v) is 3.30. The van der Waals surface area contributed by atoms with Gasteiger partial charge in [0.1, 0.15) is 0 Å². The molecule has 3 unspecified atom stereocenters. The SMILES string of the molecule is FC(Cl)C(F)C(F)(Cl)C(F)(F)Cl. The Morgan fingerprint density at radius 1 is 1.00 bits per heavy atom. The van der Waals surface area contributed by atoms with E-state index in [4.69, 9.17) is 0 Å². The van der Waals surface area contributed by atoms with E-state index in [9.17, 15) is 22.0 Å². The molecule has 0 rings (SSSR count). The van der Waals surface area contributed by atoms with E-state index < -0.39 is 22.3 Å². The Balaban J connectivity index is 4.61. The summed E-state index contributed by atoms with van der Waals surface area (Å²) in [5.74, 6) is 0. The third-order valence-corrected chi connectivity index (χ3v) is 1.98. The van der Waals surface area contributed by atoms with E-state index >= 15 is 0 Å². The van der Waals surface area contributed by atoms with Crippen molar-refractivity contribution in [2.45, 2.75) is 22.3 Å². The molecule has 0 aliphatic heterocycles. The molecule has 8 heteroatoms. The van der Waals surface area contributed by atoms with Crippen LogP contribution in [0.5, 0.6) is 0 Å². The summed E-state index contributed by atoms with van der Waals surface area (Å²) in [6.07, 6.45) is -3.41. The Hall–Kier alpha value is 0.520. The predicted molar refractivity (Wildman–Crippen MR) is 36.1 cm³/mol. The molecule has 12 heavy (non-hydrogen) atoms. The molecule has 0 saturated carbocycles. The van der Waals surface area contributed by atoms with Crippen LogP contribution in [0.1, 0.15) is 0 Å². The zero-order valence-electron chi connectivity index (χ0n) is 5.18. The van der Waals surface area contributed by atoms with E-state index in [0.717, 1.165) is 0 Å². The van der Waals surface area contributed by atoms with Gasteiger partial charge in [0.15, 0.2) is 0 Å². The number of hydrogen-bond acceptors (Lipinski definition) is 0. The van der Waals surface area contributed by atoms with E-state index in [1.165, 1.54) is 0 Å². The van der Waals surface area contributed by atoms with Crippen molar-refractivity contribution in [3.05, 3.63) is 0 Å². The van der Waals surface area contributed by atoms with Gasteiger partial charge in [0.2, 0.25) is 11.8 Å². The molecule has 0 aliphatic rings. The number of rotatable bonds is 3. The van der Waals surface area contributed by atoms with E-state index in [2.05, 4.69) is 34.8 Å². The molecule has 0 N–H and O–H groups in total. The summed E-state index contributed by atoms with van der Waals surface area (Å²) in [6.45, 7) is 0. The minimum atomic E-state index is -4.73. The molecule has 0 spiro atoms. The van der Waals surface area contributed by atoms with Gasteiger partial charge in [0.25, 0.3) is 5.13 Å². The summed E-state index contributed by atoms with van der Waals surface area (Å²) in [5.41, 5.74) is -2.99. The van der Waals surface area contributed by atoms with Crippen molar-refractivity contribution >= 4 is 34.8 Å². The zero-order valence-corrected chi connectivity index (χ0v) is 7.45. The summed E-state index contributed by atoms with van der Waals surface area (Å²) in [4.78, 5) is 0. The van der Waals surface area contributed by atoms with Gasteiger partial charge in [-0.1, -0.05) is 23.2 Å². The highest BCUT2D eigenvalue weighted by Crippen LogP contribution is 2.45. The first-order valence-corrected chi connectivity index (χ1v) is 3.66. The molecule has 0 fully saturated rings. The van der Waals surface area contributed by atoms with Crippen LogP contribution < -0.4 is 0 Å². The number of halogens is 8. The van der Waals surface area contributed by atoms with Gasteiger partial charge in [-0.25, -0.2) is 13.2 Å². The van der Waals surface area contributed by atoms with Crippen molar-refractivity contribution in [3.8, 4) is 0 Å². The van der Waals surface area contributed by atoms with E-state index in [1.807, 2.05) is 0 Å². The maximum Gasteiger partial charge on any atom is 0.372 e. The standard InChI is InChI=1S/C4H2Cl3F5/c5-2(9)1(8)3(6,10)4(7,11)12/h1-2H. The topological polar surface area (TPSA) is 0 Å². The first-order chi connectivity index (χ1) is 5.10. The van der Waals surface area contributed by atoms with Crippen LogP contribution in [-0.2, 0) is 0 Å². The quantitative estimate of drug-likeness (QED) is 0.531. The first kappa shape index (κ1) is 12.5. The van der Waals surface area contributed by atoms with Crippen LogP contribution in [0.4, 0.5) is 22.0 Å². The fourth-order valence-corrected chi connectivity index (χ4v) is 0.768. The number of alkyl halides is 8. The molecule has 0 radical (unpaired) electrons. The minimum Gasteiger partial charge on any atom is -0.238 e. The largest absolute Gasteiger partial charge is 0.372 e. The van der Waals surface area contributed by atoms with Crippen LogP contribution in [0, 0.1) is 0 Å². The number of hydrogen-bond donors (Lipinski definition) is 0. The molecular formula is C4H2Cl3F5. The van der Waals surface area contributed by atoms with Crippen molar-refractivity contribution in [3.63, 3.8) is 0 Å². The van der Waals surface area contributed by atoms with Gasteiger partial charge in [0.05, 0.1) is 0 Å². The zero-order chi connectivity index (χ0) is 10.2. The van der Waals surface area contributed by atoms with Crippen LogP contribution in [0.3, 0.4) is 0 Å². The lowest BCUT2D eigenvalue weighted by Gasteiger charge is -2.25. The summed E-state index contributed by atoms with van der Waals surface area (Å²) < 4.78 is 60.2. The molecule has 0 aromatic heterocycles. The molecule has 0 bridgehead atoms. The maximum absolute atomic E-state index is 12.4. The highest BCUT2D eigenvalue weighted by atomic mass is 35.5. The van der Waals surface area contributed by atoms with Gasteiger partial charge in [0, 0.05) is 0 Å². The second kappa shape index (κ2) is 3.72. The summed E-state index contributed by atoms with van der Waals surface area (Å²) >= 11 is 12.7. The fourth-order valence-electron chi connectivity index (χ4n) is 0.315. The molecule has 0 nitrogen and oxygen atoms in total. The monoisotopic (exact) mass is 250 g/mol. The summed E-state index contributed by atoms with van der Waals surface area (Å²) in [7, 11) is 0. The lowest BCUT2D eigenvalue weighted by atomic mass is 10.2. The maximum atomic E-state index is 12.4. The molecule has 3 atom stereocenters. The molecule has 0 heterocycles. The van der Waals surface area contributed by atoms with E-state index in [1.54, 1.807) is 0 Å². The molecular weight excluding hydrogens is 249 g/mol. The lowest BCUT2D eigenvalue weighted by molar-refractivity contribution is -0.0699. The average molecular weight is 251 g/mol. The van der Waals surface area contributed by atoms with E-state index in [0.29, 0.717) is 0 Å². The fraction of sp³-hybridized carbons (Fsp3) is 1.00. The summed E-state index contributed by atoms with van der Waals surface area (Å²) in [5, 5.41) is -9.08. The van der Waals surface area contributed by atoms with Gasteiger partial charge in [-0.2, -0.15) is 8.78 Å². The minimum absolute atomic E-state index is 2.99. The third kappa shape index (κ3) is 2.50. The molecule has 0 saturated heterocycles. The van der Waals surface area contributed by atoms with Crippen molar-refractivity contribution in [2.75, 3.05) is 0 Å². The van der Waals surface area contributed by atoms with Gasteiger partial charge in [-0.05, 0) is 11.6 Å². The highest BCUT2D eigenvalue weighted by Gasteiger charge is 2.61. The Bertz CT molecular complexity index is 153. The van der Waals surface area contributed by atoms with Crippen molar-refractivity contribution in [2.24, 2.45) is 0 Å².